The van der Waals surface area contributed by atoms with Crippen LogP contribution in [0.15, 0.2) is 30.9 Å². The van der Waals surface area contributed by atoms with E-state index in [1.807, 2.05) is 18.2 Å². The third-order valence-electron chi connectivity index (χ3n) is 0.753. The van der Waals surface area contributed by atoms with Crippen molar-refractivity contribution in [3.63, 3.8) is 0 Å². The molecule has 0 bridgehead atoms. The van der Waals surface area contributed by atoms with Gasteiger partial charge in [-0.05, 0) is 6.16 Å². The molecule has 60 valence electrons. The maximum absolute atomic E-state index is 3.46. The first-order valence-corrected chi connectivity index (χ1v) is 3.76. The molecule has 1 aliphatic carbocycles. The molecule has 1 aliphatic rings. The molecule has 1 rings (SSSR count). The smallest absolute Gasteiger partial charge is 0.273 e. The molecule has 0 aliphatic heterocycles. The fourth-order valence-corrected chi connectivity index (χ4v) is 0.340. The van der Waals surface area contributed by atoms with Gasteiger partial charge >= 0.3 is 17.1 Å². The van der Waals surface area contributed by atoms with Crippen LogP contribution in [-0.4, -0.2) is 6.16 Å². The molecular weight excluding hydrogens is 191 g/mol. The molecule has 0 aromatic heterocycles. The second-order valence-corrected chi connectivity index (χ2v) is 2.00. The minimum Gasteiger partial charge on any atom is -0.273 e. The number of rotatable bonds is 1. The molecule has 0 aromatic rings. The molecule has 0 nitrogen and oxygen atoms in total. The van der Waals surface area contributed by atoms with Crippen LogP contribution in [0.3, 0.4) is 0 Å². The third kappa shape index (κ3) is 11.0. The summed E-state index contributed by atoms with van der Waals surface area (Å²) < 4.78 is 0. The Kier molecular flexibility index (Phi) is 15.3. The second-order valence-electron chi connectivity index (χ2n) is 1.53. The normalized spacial score (nSPS) is 11.3. The van der Waals surface area contributed by atoms with E-state index in [0.717, 1.165) is 12.6 Å². The Morgan fingerprint density at radius 2 is 2.30 bits per heavy atom. The van der Waals surface area contributed by atoms with E-state index in [2.05, 4.69) is 28.0 Å². The van der Waals surface area contributed by atoms with Crippen LogP contribution in [0.4, 0.5) is 0 Å². The Bertz CT molecular complexity index is 106. The van der Waals surface area contributed by atoms with Gasteiger partial charge in [0.1, 0.15) is 0 Å². The fraction of sp³-hybridized carbons (Fsp3) is 0.250. The maximum Gasteiger partial charge on any atom is 1.00 e. The summed E-state index contributed by atoms with van der Waals surface area (Å²) in [4.78, 5) is 0. The first-order chi connectivity index (χ1) is 4.41. The molecular formula is C8H12CuP. The van der Waals surface area contributed by atoms with Crippen LogP contribution in [-0.2, 0) is 17.1 Å². The van der Waals surface area contributed by atoms with Crippen LogP contribution in [0.1, 0.15) is 6.42 Å². The van der Waals surface area contributed by atoms with Crippen molar-refractivity contribution in [3.05, 3.63) is 37.0 Å². The zero-order chi connectivity index (χ0) is 6.95. The summed E-state index contributed by atoms with van der Waals surface area (Å²) in [5.74, 6) is 0. The summed E-state index contributed by atoms with van der Waals surface area (Å²) in [6.07, 6.45) is 12.8. The molecule has 0 saturated heterocycles. The molecule has 2 heteroatoms. The summed E-state index contributed by atoms with van der Waals surface area (Å²) in [6.45, 7) is 3.46. The van der Waals surface area contributed by atoms with E-state index in [9.17, 15) is 0 Å². The second kappa shape index (κ2) is 11.9. The van der Waals surface area contributed by atoms with E-state index in [4.69, 9.17) is 0 Å². The van der Waals surface area contributed by atoms with E-state index in [0.29, 0.717) is 0 Å². The molecule has 1 unspecified atom stereocenters. The number of hydrogen-bond acceptors (Lipinski definition) is 0. The summed E-state index contributed by atoms with van der Waals surface area (Å²) in [7, 11) is 2.54. The van der Waals surface area contributed by atoms with Gasteiger partial charge in [-0.2, -0.15) is 6.08 Å². The third-order valence-corrected chi connectivity index (χ3v) is 1.09. The summed E-state index contributed by atoms with van der Waals surface area (Å²) in [6, 6.07) is 0. The van der Waals surface area contributed by atoms with Gasteiger partial charge in [-0.15, -0.1) is 22.2 Å². The average Bonchev–Trinajstić information content (AvgIpc) is 2.43. The zero-order valence-corrected chi connectivity index (χ0v) is 7.91. The van der Waals surface area contributed by atoms with E-state index in [1.165, 1.54) is 0 Å². The number of allylic oxidation sites excluding steroid dienone is 5. The van der Waals surface area contributed by atoms with Gasteiger partial charge in [-0.25, -0.2) is 12.2 Å². The molecule has 10 heavy (non-hydrogen) atoms. The van der Waals surface area contributed by atoms with Crippen molar-refractivity contribution in [2.75, 3.05) is 6.16 Å². The largest absolute Gasteiger partial charge is 1.00 e. The van der Waals surface area contributed by atoms with Gasteiger partial charge in [0.05, 0.1) is 0 Å². The van der Waals surface area contributed by atoms with Gasteiger partial charge < -0.3 is 0 Å². The standard InChI is InChI=1S/C5H5.C3H7P.Cu/c1-2-4-5-3-1;1-2-3-4;/h1-3H,4H2;2H,1,3-4H2;/q-1;;+1. The Balaban J connectivity index is 0. The monoisotopic (exact) mass is 202 g/mol. The summed E-state index contributed by atoms with van der Waals surface area (Å²) in [5, 5.41) is 0. The van der Waals surface area contributed by atoms with Crippen LogP contribution in [0.2, 0.25) is 0 Å². The van der Waals surface area contributed by atoms with E-state index in [1.54, 1.807) is 0 Å². The van der Waals surface area contributed by atoms with Crippen LogP contribution in [0.5, 0.6) is 0 Å². The first kappa shape index (κ1) is 12.8. The first-order valence-electron chi connectivity index (χ1n) is 2.94. The number of hydrogen-bond donors (Lipinski definition) is 0. The minimum absolute atomic E-state index is 0. The predicted octanol–water partition coefficient (Wildman–Crippen LogP) is 2.35. The van der Waals surface area contributed by atoms with Crippen molar-refractivity contribution in [2.45, 2.75) is 6.42 Å². The predicted molar refractivity (Wildman–Crippen MR) is 46.3 cm³/mol. The maximum atomic E-state index is 3.46. The molecule has 0 saturated carbocycles. The van der Waals surface area contributed by atoms with Gasteiger partial charge in [0, 0.05) is 0 Å². The van der Waals surface area contributed by atoms with Crippen LogP contribution in [0.25, 0.3) is 0 Å². The molecule has 0 N–H and O–H groups in total. The summed E-state index contributed by atoms with van der Waals surface area (Å²) >= 11 is 0. The molecule has 0 spiro atoms. The van der Waals surface area contributed by atoms with E-state index in [-0.39, 0.29) is 17.1 Å². The summed E-state index contributed by atoms with van der Waals surface area (Å²) in [5.41, 5.74) is 0. The van der Waals surface area contributed by atoms with Crippen molar-refractivity contribution in [1.29, 1.82) is 0 Å². The Labute approximate surface area is 76.2 Å². The van der Waals surface area contributed by atoms with Crippen molar-refractivity contribution in [1.82, 2.24) is 0 Å². The molecule has 0 fully saturated rings. The fourth-order valence-electron chi connectivity index (χ4n) is 0.340. The van der Waals surface area contributed by atoms with Crippen molar-refractivity contribution in [3.8, 4) is 0 Å². The van der Waals surface area contributed by atoms with Crippen LogP contribution in [0, 0.1) is 6.08 Å². The quantitative estimate of drug-likeness (QED) is 0.265. The van der Waals surface area contributed by atoms with Gasteiger partial charge in [0.15, 0.2) is 0 Å². The van der Waals surface area contributed by atoms with Crippen LogP contribution >= 0.6 is 9.24 Å². The van der Waals surface area contributed by atoms with Gasteiger partial charge in [-0.3, -0.25) is 6.08 Å². The van der Waals surface area contributed by atoms with Crippen molar-refractivity contribution in [2.24, 2.45) is 0 Å². The minimum atomic E-state index is 0. The zero-order valence-electron chi connectivity index (χ0n) is 5.81. The Hall–Kier alpha value is 0.169. The molecule has 0 amide bonds. The average molecular weight is 203 g/mol. The Morgan fingerprint density at radius 3 is 2.40 bits per heavy atom. The SMILES string of the molecule is C=CCP.[C-]1=CC=CC1.[Cu+]. The Morgan fingerprint density at radius 1 is 1.70 bits per heavy atom. The van der Waals surface area contributed by atoms with Crippen LogP contribution < -0.4 is 0 Å². The van der Waals surface area contributed by atoms with Crippen molar-refractivity contribution >= 4 is 9.24 Å². The van der Waals surface area contributed by atoms with E-state index < -0.39 is 0 Å². The topological polar surface area (TPSA) is 0 Å². The molecule has 0 heterocycles. The van der Waals surface area contributed by atoms with Gasteiger partial charge in [0.2, 0.25) is 0 Å². The van der Waals surface area contributed by atoms with Gasteiger partial charge in [0.25, 0.3) is 0 Å². The molecule has 0 radical (unpaired) electrons. The molecule has 0 aromatic carbocycles. The molecule has 1 atom stereocenters. The van der Waals surface area contributed by atoms with Crippen molar-refractivity contribution < 1.29 is 17.1 Å². The van der Waals surface area contributed by atoms with Gasteiger partial charge in [-0.1, -0.05) is 6.08 Å². The van der Waals surface area contributed by atoms with E-state index >= 15 is 0 Å².